The number of pyridine rings is 2. The van der Waals surface area contributed by atoms with Crippen molar-refractivity contribution in [2.75, 3.05) is 6.54 Å². The second kappa shape index (κ2) is 13.2. The van der Waals surface area contributed by atoms with Crippen molar-refractivity contribution in [3.05, 3.63) is 41.9 Å². The van der Waals surface area contributed by atoms with E-state index in [-0.39, 0.29) is 30.7 Å². The Hall–Kier alpha value is -4.06. The predicted molar refractivity (Wildman–Crippen MR) is 176 cm³/mol. The normalized spacial score (nSPS) is 28.4. The number of carbonyl (C=O) groups excluding carboxylic acids is 3. The number of amides is 3. The number of carboxylic acids is 1. The van der Waals surface area contributed by atoms with Crippen LogP contribution in [0.2, 0.25) is 0 Å². The molecule has 0 radical (unpaired) electrons. The molecule has 47 heavy (non-hydrogen) atoms. The van der Waals surface area contributed by atoms with Crippen LogP contribution in [0.15, 0.2) is 41.9 Å². The number of carboxylic acid groups (broad SMARTS) is 1. The molecule has 5 atom stereocenters. The Morgan fingerprint density at radius 1 is 1.06 bits per heavy atom. The summed E-state index contributed by atoms with van der Waals surface area (Å²) in [5, 5.41) is 18.0. The molecule has 3 N–H and O–H groups in total. The molecular formula is C35H41N5O6S. The first kappa shape index (κ1) is 31.5. The van der Waals surface area contributed by atoms with Gasteiger partial charge in [-0.15, -0.1) is 11.3 Å². The van der Waals surface area contributed by atoms with Crippen LogP contribution in [0.3, 0.4) is 0 Å². The van der Waals surface area contributed by atoms with E-state index in [1.807, 2.05) is 35.7 Å². The number of ether oxygens (including phenoxy) is 1. The van der Waals surface area contributed by atoms with E-state index in [9.17, 15) is 24.3 Å². The first-order valence-electron chi connectivity index (χ1n) is 16.9. The average Bonchev–Trinajstić information content (AvgIpc) is 3.89. The Bertz CT molecular complexity index is 1660. The summed E-state index contributed by atoms with van der Waals surface area (Å²) in [5.74, 6) is -1.15. The fourth-order valence-corrected chi connectivity index (χ4v) is 8.02. The zero-order valence-electron chi connectivity index (χ0n) is 26.4. The first-order valence-corrected chi connectivity index (χ1v) is 17.8. The predicted octanol–water partition coefficient (Wildman–Crippen LogP) is 4.70. The largest absolute Gasteiger partial charge is 0.487 e. The standard InChI is InChI=1S/C35H41N5O6S/c41-30(16-21-11-12-21)38-26-10-5-3-1-2-4-8-22-19-35(22,34(44)45)39-32(42)28-17-23(20-40(28)33(26)43)46-29-18-27(24-9-6-7-14-36-24)37-25-13-15-47-31(25)29/h6-7,9,13-15,18,21-23,26,28H,1-5,8,10-12,16-17,19-20H2,(H,38,41)(H,39,42)(H,44,45)/t22-,23-,26+,28+,35-/m1/s1. The third-order valence-corrected chi connectivity index (χ3v) is 11.0. The molecule has 0 unspecified atom stereocenters. The highest BCUT2D eigenvalue weighted by molar-refractivity contribution is 7.17. The number of thiophene rings is 1. The minimum Gasteiger partial charge on any atom is -0.487 e. The van der Waals surface area contributed by atoms with Crippen LogP contribution in [0.4, 0.5) is 0 Å². The van der Waals surface area contributed by atoms with Crippen molar-refractivity contribution in [1.82, 2.24) is 25.5 Å². The van der Waals surface area contributed by atoms with E-state index in [1.165, 1.54) is 16.2 Å². The van der Waals surface area contributed by atoms with Crippen LogP contribution in [0.1, 0.15) is 77.0 Å². The minimum atomic E-state index is -1.31. The first-order chi connectivity index (χ1) is 22.8. The Balaban J connectivity index is 1.18. The molecule has 4 aliphatic rings. The highest BCUT2D eigenvalue weighted by atomic mass is 32.1. The van der Waals surface area contributed by atoms with Gasteiger partial charge in [-0.3, -0.25) is 19.4 Å². The van der Waals surface area contributed by atoms with E-state index in [4.69, 9.17) is 9.72 Å². The minimum absolute atomic E-state index is 0.128. The summed E-state index contributed by atoms with van der Waals surface area (Å²) in [6.07, 6.45) is 9.95. The molecule has 0 bridgehead atoms. The number of fused-ring (bicyclic) bond motifs is 3. The van der Waals surface area contributed by atoms with Crippen LogP contribution in [0, 0.1) is 11.8 Å². The highest BCUT2D eigenvalue weighted by Crippen LogP contribution is 2.47. The van der Waals surface area contributed by atoms with Crippen LogP contribution in [0.25, 0.3) is 21.6 Å². The molecule has 0 spiro atoms. The Morgan fingerprint density at radius 2 is 1.87 bits per heavy atom. The van der Waals surface area contributed by atoms with Gasteiger partial charge in [-0.2, -0.15) is 0 Å². The maximum absolute atomic E-state index is 14.3. The summed E-state index contributed by atoms with van der Waals surface area (Å²) in [5.41, 5.74) is 0.794. The molecule has 3 amide bonds. The fraction of sp³-hybridized carbons (Fsp3) is 0.543. The summed E-state index contributed by atoms with van der Waals surface area (Å²) in [4.78, 5) is 64.4. The third kappa shape index (κ3) is 6.83. The van der Waals surface area contributed by atoms with Gasteiger partial charge < -0.3 is 25.4 Å². The molecule has 11 nitrogen and oxygen atoms in total. The lowest BCUT2D eigenvalue weighted by Gasteiger charge is -2.29. The molecule has 4 fully saturated rings. The summed E-state index contributed by atoms with van der Waals surface area (Å²) < 4.78 is 7.45. The van der Waals surface area contributed by atoms with Crippen molar-refractivity contribution >= 4 is 45.2 Å². The summed E-state index contributed by atoms with van der Waals surface area (Å²) in [6.45, 7) is 0.128. The van der Waals surface area contributed by atoms with Crippen LogP contribution in [-0.4, -0.2) is 73.9 Å². The quantitative estimate of drug-likeness (QED) is 0.331. The van der Waals surface area contributed by atoms with Crippen molar-refractivity contribution in [2.45, 2.75) is 101 Å². The molecule has 5 heterocycles. The molecule has 2 saturated heterocycles. The van der Waals surface area contributed by atoms with Gasteiger partial charge >= 0.3 is 5.97 Å². The topological polar surface area (TPSA) is 151 Å². The SMILES string of the molecule is O=C(CC1CC1)N[C@H]1CCCCCCC[C@@H]2C[C@@]2(C(=O)O)NC(=O)[C@@H]2C[C@@H](Oc3cc(-c4ccccn4)nc4ccsc34)CN2C1=O. The maximum Gasteiger partial charge on any atom is 0.329 e. The lowest BCUT2D eigenvalue weighted by molar-refractivity contribution is -0.146. The Kier molecular flexibility index (Phi) is 8.87. The number of nitrogens with one attached hydrogen (secondary N) is 2. The van der Waals surface area contributed by atoms with Gasteiger partial charge in [0.05, 0.1) is 28.1 Å². The van der Waals surface area contributed by atoms with E-state index in [0.29, 0.717) is 42.3 Å². The molecule has 2 aliphatic heterocycles. The van der Waals surface area contributed by atoms with Crippen molar-refractivity contribution < 1.29 is 29.0 Å². The van der Waals surface area contributed by atoms with Gasteiger partial charge in [0.15, 0.2) is 0 Å². The average molecular weight is 660 g/mol. The van der Waals surface area contributed by atoms with Crippen LogP contribution < -0.4 is 15.4 Å². The van der Waals surface area contributed by atoms with Crippen molar-refractivity contribution in [3.8, 4) is 17.1 Å². The number of aliphatic carboxylic acids is 1. The van der Waals surface area contributed by atoms with Gasteiger partial charge in [-0.1, -0.05) is 38.2 Å². The smallest absolute Gasteiger partial charge is 0.329 e. The second-order valence-corrected chi connectivity index (χ2v) is 14.5. The number of hydrogen-bond acceptors (Lipinski definition) is 8. The Labute approximate surface area is 277 Å². The fourth-order valence-electron chi connectivity index (χ4n) is 7.23. The zero-order valence-corrected chi connectivity index (χ0v) is 27.2. The molecule has 248 valence electrons. The monoisotopic (exact) mass is 659 g/mol. The van der Waals surface area contributed by atoms with Gasteiger partial charge in [-0.05, 0) is 67.5 Å². The van der Waals surface area contributed by atoms with E-state index in [2.05, 4.69) is 15.6 Å². The van der Waals surface area contributed by atoms with Gasteiger partial charge in [-0.25, -0.2) is 9.78 Å². The Morgan fingerprint density at radius 3 is 2.64 bits per heavy atom. The van der Waals surface area contributed by atoms with Gasteiger partial charge in [0.25, 0.3) is 0 Å². The lowest BCUT2D eigenvalue weighted by Crippen LogP contribution is -2.56. The van der Waals surface area contributed by atoms with Gasteiger partial charge in [0, 0.05) is 25.1 Å². The van der Waals surface area contributed by atoms with Gasteiger partial charge in [0.1, 0.15) is 29.5 Å². The van der Waals surface area contributed by atoms with E-state index < -0.39 is 35.6 Å². The van der Waals surface area contributed by atoms with Crippen molar-refractivity contribution in [2.24, 2.45) is 11.8 Å². The van der Waals surface area contributed by atoms with E-state index in [1.54, 1.807) is 6.20 Å². The molecule has 2 aliphatic carbocycles. The van der Waals surface area contributed by atoms with Crippen molar-refractivity contribution in [1.29, 1.82) is 0 Å². The molecule has 2 saturated carbocycles. The number of nitrogens with zero attached hydrogens (tertiary/aromatic N) is 3. The third-order valence-electron chi connectivity index (χ3n) is 10.1. The molecule has 3 aromatic rings. The second-order valence-electron chi connectivity index (χ2n) is 13.6. The van der Waals surface area contributed by atoms with E-state index >= 15 is 0 Å². The molecule has 7 rings (SSSR count). The van der Waals surface area contributed by atoms with Gasteiger partial charge in [0.2, 0.25) is 17.7 Å². The van der Waals surface area contributed by atoms with E-state index in [0.717, 1.165) is 61.6 Å². The number of hydrogen-bond donors (Lipinski definition) is 3. The van der Waals surface area contributed by atoms with Crippen LogP contribution >= 0.6 is 11.3 Å². The molecular weight excluding hydrogens is 618 g/mol. The van der Waals surface area contributed by atoms with Crippen LogP contribution in [0.5, 0.6) is 5.75 Å². The van der Waals surface area contributed by atoms with Crippen LogP contribution in [-0.2, 0) is 19.2 Å². The molecule has 12 heteroatoms. The number of aromatic nitrogens is 2. The van der Waals surface area contributed by atoms with Crippen molar-refractivity contribution in [3.63, 3.8) is 0 Å². The highest BCUT2D eigenvalue weighted by Gasteiger charge is 2.62. The summed E-state index contributed by atoms with van der Waals surface area (Å²) >= 11 is 1.50. The summed E-state index contributed by atoms with van der Waals surface area (Å²) in [6, 6.07) is 7.67. The number of rotatable bonds is 7. The molecule has 0 aromatic carbocycles. The lowest BCUT2D eigenvalue weighted by atomic mass is 10.0. The number of carbonyl (C=O) groups is 4. The molecule has 3 aromatic heterocycles. The summed E-state index contributed by atoms with van der Waals surface area (Å²) in [7, 11) is 0. The zero-order chi connectivity index (χ0) is 32.5. The maximum atomic E-state index is 14.3.